The van der Waals surface area contributed by atoms with E-state index in [4.69, 9.17) is 23.7 Å². The number of fused-ring (bicyclic) bond motifs is 5. The van der Waals surface area contributed by atoms with Crippen LogP contribution in [0.15, 0.2) is 41.5 Å². The van der Waals surface area contributed by atoms with Crippen molar-refractivity contribution in [3.8, 4) is 0 Å². The number of benzene rings is 1. The maximum atomic E-state index is 15.2. The highest BCUT2D eigenvalue weighted by Crippen LogP contribution is 2.66. The smallest absolute Gasteiger partial charge is 0.338 e. The Bertz CT molecular complexity index is 1520. The van der Waals surface area contributed by atoms with Crippen molar-refractivity contribution >= 4 is 23.7 Å². The number of carbonyl (C=O) groups is 4. The number of esters is 3. The van der Waals surface area contributed by atoms with E-state index in [-0.39, 0.29) is 36.3 Å². The lowest BCUT2D eigenvalue weighted by Gasteiger charge is -2.68. The maximum Gasteiger partial charge on any atom is 0.338 e. The molecule has 270 valence electrons. The van der Waals surface area contributed by atoms with Gasteiger partial charge in [-0.05, 0) is 63.6 Å². The molecule has 8 unspecified atom stereocenters. The lowest BCUT2D eigenvalue weighted by atomic mass is 9.42. The summed E-state index contributed by atoms with van der Waals surface area (Å²) in [6.45, 7) is 14.3. The lowest BCUT2D eigenvalue weighted by molar-refractivity contribution is -0.339. The molecule has 4 aliphatic rings. The molecule has 3 aliphatic carbocycles. The van der Waals surface area contributed by atoms with E-state index in [9.17, 15) is 19.5 Å². The highest BCUT2D eigenvalue weighted by molar-refractivity contribution is 5.92. The molecule has 1 heterocycles. The van der Waals surface area contributed by atoms with E-state index in [2.05, 4.69) is 0 Å². The van der Waals surface area contributed by atoms with Gasteiger partial charge in [0.1, 0.15) is 29.7 Å². The monoisotopic (exact) mass is 683 g/mol. The fourth-order valence-corrected chi connectivity index (χ4v) is 9.54. The van der Waals surface area contributed by atoms with Gasteiger partial charge in [0.05, 0.1) is 18.1 Å². The predicted molar refractivity (Wildman–Crippen MR) is 179 cm³/mol. The maximum absolute atomic E-state index is 15.2. The van der Waals surface area contributed by atoms with E-state index in [1.807, 2.05) is 67.5 Å². The molecule has 0 amide bonds. The molecule has 1 N–H and O–H groups in total. The second-order valence-electron chi connectivity index (χ2n) is 15.7. The molecular weight excluding hydrogens is 630 g/mol. The molecule has 2 saturated carbocycles. The van der Waals surface area contributed by atoms with Crippen molar-refractivity contribution in [2.24, 2.45) is 28.6 Å². The Morgan fingerprint density at radius 3 is 2.22 bits per heavy atom. The third-order valence-electron chi connectivity index (χ3n) is 12.7. The zero-order valence-corrected chi connectivity index (χ0v) is 30.7. The van der Waals surface area contributed by atoms with Crippen molar-refractivity contribution in [3.05, 3.63) is 47.0 Å². The second-order valence-corrected chi connectivity index (χ2v) is 15.7. The van der Waals surface area contributed by atoms with Gasteiger partial charge in [-0.2, -0.15) is 0 Å². The molecule has 11 nitrogen and oxygen atoms in total. The highest BCUT2D eigenvalue weighted by atomic mass is 16.6. The molecule has 1 aromatic carbocycles. The first kappa shape index (κ1) is 37.1. The minimum atomic E-state index is -1.92. The number of hydrogen-bond donors (Lipinski definition) is 1. The quantitative estimate of drug-likeness (QED) is 0.240. The first-order valence-electron chi connectivity index (χ1n) is 17.2. The van der Waals surface area contributed by atoms with E-state index in [1.54, 1.807) is 30.3 Å². The highest BCUT2D eigenvalue weighted by Gasteiger charge is 2.77. The number of nitrogens with zero attached hydrogens (tertiary/aromatic N) is 1. The molecule has 0 spiro atoms. The zero-order chi connectivity index (χ0) is 36.4. The number of hydrogen-bond acceptors (Lipinski definition) is 11. The van der Waals surface area contributed by atoms with Gasteiger partial charge in [-0.1, -0.05) is 52.8 Å². The summed E-state index contributed by atoms with van der Waals surface area (Å²) in [5.41, 5.74) is -4.14. The van der Waals surface area contributed by atoms with Crippen molar-refractivity contribution in [3.63, 3.8) is 0 Å². The molecule has 11 heteroatoms. The summed E-state index contributed by atoms with van der Waals surface area (Å²) in [6.07, 6.45) is -3.61. The van der Waals surface area contributed by atoms with Crippen LogP contribution in [0.2, 0.25) is 0 Å². The zero-order valence-electron chi connectivity index (χ0n) is 30.7. The summed E-state index contributed by atoms with van der Waals surface area (Å²) in [4.78, 5) is 57.7. The van der Waals surface area contributed by atoms with Crippen LogP contribution in [0.5, 0.6) is 0 Å². The lowest BCUT2D eigenvalue weighted by Crippen LogP contribution is -2.80. The van der Waals surface area contributed by atoms with Crippen LogP contribution in [-0.2, 0) is 38.1 Å². The summed E-state index contributed by atoms with van der Waals surface area (Å²) in [7, 11) is 5.10. The van der Waals surface area contributed by atoms with Crippen LogP contribution >= 0.6 is 0 Å². The Labute approximate surface area is 289 Å². The van der Waals surface area contributed by atoms with Gasteiger partial charge in [-0.15, -0.1) is 0 Å². The van der Waals surface area contributed by atoms with Crippen molar-refractivity contribution in [2.75, 3.05) is 27.8 Å². The molecule has 2 bridgehead atoms. The number of ketones is 1. The van der Waals surface area contributed by atoms with Crippen molar-refractivity contribution in [1.82, 2.24) is 4.90 Å². The van der Waals surface area contributed by atoms with Gasteiger partial charge >= 0.3 is 17.9 Å². The summed E-state index contributed by atoms with van der Waals surface area (Å²) in [5, 5.41) is 13.5. The Morgan fingerprint density at radius 1 is 1.06 bits per heavy atom. The fourth-order valence-electron chi connectivity index (χ4n) is 9.54. The number of aliphatic hydroxyl groups is 1. The minimum Gasteiger partial charge on any atom is -0.456 e. The Kier molecular flexibility index (Phi) is 9.77. The Balaban J connectivity index is 1.76. The standard InChI is InChI=1S/C38H53NO10/c1-20-17-27-37(19-46-27,49-24(5)40)30-32(48-33(42)25-15-13-12-14-16-25)38(44)18-26(47-34(43)29(45-11)23(4)39(9)10)21(2)28(35(38,6)7)22(3)31(41)36(20,30)8/h12-16,20,22-23,26-27,29-30,32,44H,17-19H2,1-11H3/t20-,22+,23?,26?,27?,29?,30?,32?,36+,37?,38?/m0/s1. The van der Waals surface area contributed by atoms with Crippen molar-refractivity contribution in [1.29, 1.82) is 0 Å². The van der Waals surface area contributed by atoms with Crippen LogP contribution in [0, 0.1) is 28.6 Å². The van der Waals surface area contributed by atoms with E-state index in [0.29, 0.717) is 17.6 Å². The van der Waals surface area contributed by atoms with Crippen molar-refractivity contribution < 1.29 is 48.0 Å². The molecule has 0 aromatic heterocycles. The van der Waals surface area contributed by atoms with E-state index in [0.717, 1.165) is 0 Å². The molecule has 49 heavy (non-hydrogen) atoms. The molecule has 5 rings (SSSR count). The predicted octanol–water partition coefficient (Wildman–Crippen LogP) is 4.15. The Morgan fingerprint density at radius 2 is 1.69 bits per heavy atom. The second kappa shape index (κ2) is 12.9. The molecule has 11 atom stereocenters. The molecule has 0 radical (unpaired) electrons. The molecule has 3 fully saturated rings. The fraction of sp³-hybridized carbons (Fsp3) is 0.684. The number of ether oxygens (including phenoxy) is 5. The van der Waals surface area contributed by atoms with Gasteiger partial charge in [0, 0.05) is 43.2 Å². The number of Topliss-reactive ketones (excluding diaryl/α,β-unsaturated/α-hetero) is 1. The van der Waals surface area contributed by atoms with Crippen LogP contribution in [0.1, 0.15) is 78.6 Å². The van der Waals surface area contributed by atoms with Crippen molar-refractivity contribution in [2.45, 2.75) is 110 Å². The summed E-state index contributed by atoms with van der Waals surface area (Å²) in [5.74, 6) is -4.05. The van der Waals surface area contributed by atoms with Gasteiger partial charge in [-0.25, -0.2) is 9.59 Å². The van der Waals surface area contributed by atoms with E-state index >= 15 is 4.79 Å². The van der Waals surface area contributed by atoms with Crippen LogP contribution in [0.3, 0.4) is 0 Å². The third kappa shape index (κ3) is 5.56. The molecule has 1 aliphatic heterocycles. The topological polar surface area (TPSA) is 138 Å². The summed E-state index contributed by atoms with van der Waals surface area (Å²) < 4.78 is 30.5. The van der Waals surface area contributed by atoms with Gasteiger partial charge < -0.3 is 33.7 Å². The normalized spacial score (nSPS) is 37.8. The third-order valence-corrected chi connectivity index (χ3v) is 12.7. The van der Waals surface area contributed by atoms with Crippen LogP contribution in [-0.4, -0.2) is 103 Å². The largest absolute Gasteiger partial charge is 0.456 e. The van der Waals surface area contributed by atoms with Gasteiger partial charge in [0.2, 0.25) is 0 Å². The van der Waals surface area contributed by atoms with Gasteiger partial charge in [-0.3, -0.25) is 9.59 Å². The average Bonchev–Trinajstić information content (AvgIpc) is 3.03. The van der Waals surface area contributed by atoms with Gasteiger partial charge in [0.25, 0.3) is 0 Å². The number of likely N-dealkylation sites (N-methyl/N-ethyl adjacent to an activating group) is 1. The first-order chi connectivity index (χ1) is 22.8. The van der Waals surface area contributed by atoms with E-state index in [1.165, 1.54) is 14.0 Å². The average molecular weight is 684 g/mol. The Hall–Kier alpha value is -3.12. The van der Waals surface area contributed by atoms with Crippen LogP contribution < -0.4 is 0 Å². The van der Waals surface area contributed by atoms with Gasteiger partial charge in [0.15, 0.2) is 11.7 Å². The summed E-state index contributed by atoms with van der Waals surface area (Å²) in [6, 6.07) is 8.10. The first-order valence-corrected chi connectivity index (χ1v) is 17.2. The van der Waals surface area contributed by atoms with Crippen LogP contribution in [0.4, 0.5) is 0 Å². The molecule has 1 saturated heterocycles. The number of rotatable bonds is 8. The summed E-state index contributed by atoms with van der Waals surface area (Å²) >= 11 is 0. The SMILES string of the molecule is COC(C(=O)OC1CC2(O)C(OC(=O)c3ccccc3)C3C4(OC(C)=O)COC4C[C@H](C)[C@@]3(C)C(=O)[C@H](C)C(=C1C)C2(C)C)C(C)N(C)C. The number of methoxy groups -OCH3 is 1. The van der Waals surface area contributed by atoms with Crippen LogP contribution in [0.25, 0.3) is 0 Å². The molecule has 1 aromatic rings. The molecular formula is C38H53NO10. The van der Waals surface area contributed by atoms with E-state index < -0.39 is 76.2 Å². The number of carbonyl (C=O) groups excluding carboxylic acids is 4. The minimum absolute atomic E-state index is 0.0279.